The molecule has 0 spiro atoms. The molecule has 1 aliphatic heterocycles. The zero-order chi connectivity index (χ0) is 22.0. The molecule has 6 nitrogen and oxygen atoms in total. The lowest BCUT2D eigenvalue weighted by molar-refractivity contribution is -0.217. The number of benzene rings is 1. The molecule has 1 aromatic carbocycles. The van der Waals surface area contributed by atoms with E-state index in [4.69, 9.17) is 11.6 Å². The molecule has 0 radical (unpaired) electrons. The molecule has 0 bridgehead atoms. The Bertz CT molecular complexity index is 1100. The number of pyridine rings is 1. The maximum atomic E-state index is 14.9. The first-order valence-electron chi connectivity index (χ1n) is 9.30. The van der Waals surface area contributed by atoms with Crippen LogP contribution in [0.3, 0.4) is 0 Å². The van der Waals surface area contributed by atoms with Crippen LogP contribution in [0.4, 0.5) is 23.2 Å². The molecule has 2 unspecified atom stereocenters. The predicted molar refractivity (Wildman–Crippen MR) is 101 cm³/mol. The van der Waals surface area contributed by atoms with Gasteiger partial charge in [0.25, 0.3) is 0 Å². The van der Waals surface area contributed by atoms with Gasteiger partial charge in [0.05, 0.1) is 21.6 Å². The zero-order valence-corrected chi connectivity index (χ0v) is 16.2. The van der Waals surface area contributed by atoms with Crippen LogP contribution in [0.1, 0.15) is 35.7 Å². The highest BCUT2D eigenvalue weighted by atomic mass is 35.5. The van der Waals surface area contributed by atoms with Crippen LogP contribution in [0, 0.1) is 11.7 Å². The van der Waals surface area contributed by atoms with E-state index < -0.39 is 41.0 Å². The predicted octanol–water partition coefficient (Wildman–Crippen LogP) is 3.58. The van der Waals surface area contributed by atoms with Gasteiger partial charge in [0, 0.05) is 31.2 Å². The minimum Gasteiger partial charge on any atom is -0.477 e. The first-order chi connectivity index (χ1) is 14.0. The van der Waals surface area contributed by atoms with Crippen molar-refractivity contribution in [2.45, 2.75) is 37.6 Å². The van der Waals surface area contributed by atoms with Crippen LogP contribution in [0.2, 0.25) is 5.02 Å². The Morgan fingerprint density at radius 2 is 1.93 bits per heavy atom. The second-order valence-electron chi connectivity index (χ2n) is 7.71. The molecule has 1 aromatic heterocycles. The van der Waals surface area contributed by atoms with Crippen LogP contribution in [-0.4, -0.2) is 46.1 Å². The van der Waals surface area contributed by atoms with Gasteiger partial charge >= 0.3 is 12.1 Å². The number of nitrogens with zero attached hydrogens (tertiary/aromatic N) is 2. The lowest BCUT2D eigenvalue weighted by Crippen LogP contribution is -2.37. The number of alkyl halides is 3. The molecule has 1 aliphatic carbocycles. The van der Waals surface area contributed by atoms with E-state index in [-0.39, 0.29) is 47.2 Å². The molecule has 11 heteroatoms. The fourth-order valence-electron chi connectivity index (χ4n) is 4.03. The van der Waals surface area contributed by atoms with Gasteiger partial charge in [-0.25, -0.2) is 9.18 Å². The van der Waals surface area contributed by atoms with Crippen molar-refractivity contribution in [1.82, 2.24) is 4.57 Å². The number of carbonyl (C=O) groups is 1. The molecule has 2 atom stereocenters. The number of hydrogen-bond acceptors (Lipinski definition) is 4. The van der Waals surface area contributed by atoms with Gasteiger partial charge in [-0.3, -0.25) is 4.79 Å². The Labute approximate surface area is 172 Å². The van der Waals surface area contributed by atoms with Crippen LogP contribution in [0.5, 0.6) is 0 Å². The van der Waals surface area contributed by atoms with Crippen LogP contribution < -0.4 is 10.3 Å². The fraction of sp³-hybridized carbons (Fsp3) is 0.474. The minimum atomic E-state index is -4.79. The number of anilines is 1. The standard InChI is InChI=1S/C19H17ClF4N2O4/c20-13-14-10(16(27)11(18(29)30)7-26(14)9-1-2-9)5-12(21)15(13)25-4-3-8(6-25)17(28)19(22,23)24/h5,7-9,17,28H,1-4,6H2,(H,29,30). The SMILES string of the molecule is O=C(O)c1cn(C2CC2)c2c(Cl)c(N3CCC(C(O)C(F)(F)F)C3)c(F)cc2c1=O. The highest BCUT2D eigenvalue weighted by Crippen LogP contribution is 2.43. The highest BCUT2D eigenvalue weighted by Gasteiger charge is 2.46. The molecule has 2 N–H and O–H groups in total. The number of aliphatic hydroxyl groups is 1. The Kier molecular flexibility index (Phi) is 4.97. The number of hydrogen-bond donors (Lipinski definition) is 2. The minimum absolute atomic E-state index is 0.0120. The zero-order valence-electron chi connectivity index (χ0n) is 15.4. The van der Waals surface area contributed by atoms with E-state index in [0.29, 0.717) is 0 Å². The summed E-state index contributed by atoms with van der Waals surface area (Å²) in [5.74, 6) is -3.52. The number of carboxylic acid groups (broad SMARTS) is 1. The van der Waals surface area contributed by atoms with E-state index in [2.05, 4.69) is 0 Å². The Balaban J connectivity index is 1.83. The molecular weight excluding hydrogens is 432 g/mol. The number of rotatable bonds is 4. The Morgan fingerprint density at radius 3 is 2.50 bits per heavy atom. The van der Waals surface area contributed by atoms with Gasteiger partial charge in [-0.05, 0) is 25.3 Å². The molecule has 2 fully saturated rings. The van der Waals surface area contributed by atoms with Crippen molar-refractivity contribution >= 4 is 34.2 Å². The van der Waals surface area contributed by atoms with E-state index in [1.165, 1.54) is 15.7 Å². The number of aliphatic hydroxyl groups excluding tert-OH is 1. The third kappa shape index (κ3) is 3.41. The first-order valence-corrected chi connectivity index (χ1v) is 9.68. The van der Waals surface area contributed by atoms with Crippen molar-refractivity contribution in [3.05, 3.63) is 38.9 Å². The molecule has 2 heterocycles. The summed E-state index contributed by atoms with van der Waals surface area (Å²) < 4.78 is 55.0. The maximum absolute atomic E-state index is 14.9. The summed E-state index contributed by atoms with van der Waals surface area (Å²) in [6, 6.07) is 0.790. The van der Waals surface area contributed by atoms with Crippen molar-refractivity contribution in [1.29, 1.82) is 0 Å². The van der Waals surface area contributed by atoms with Crippen LogP contribution in [-0.2, 0) is 0 Å². The summed E-state index contributed by atoms with van der Waals surface area (Å²) >= 11 is 6.45. The van der Waals surface area contributed by atoms with E-state index in [1.807, 2.05) is 0 Å². The van der Waals surface area contributed by atoms with E-state index in [0.717, 1.165) is 18.9 Å². The quantitative estimate of drug-likeness (QED) is 0.699. The van der Waals surface area contributed by atoms with Crippen LogP contribution >= 0.6 is 11.6 Å². The Hall–Kier alpha value is -2.33. The molecule has 0 amide bonds. The molecule has 1 saturated carbocycles. The largest absolute Gasteiger partial charge is 0.477 e. The van der Waals surface area contributed by atoms with E-state index in [9.17, 15) is 37.4 Å². The molecular formula is C19H17ClF4N2O4. The summed E-state index contributed by atoms with van der Waals surface area (Å²) in [6.45, 7) is -0.218. The van der Waals surface area contributed by atoms with Crippen molar-refractivity contribution in [2.75, 3.05) is 18.0 Å². The monoisotopic (exact) mass is 448 g/mol. The molecule has 1 saturated heterocycles. The summed E-state index contributed by atoms with van der Waals surface area (Å²) in [6.07, 6.45) is -4.70. The summed E-state index contributed by atoms with van der Waals surface area (Å²) in [5, 5.41) is 18.5. The van der Waals surface area contributed by atoms with Gasteiger partial charge in [-0.2, -0.15) is 13.2 Å². The summed E-state index contributed by atoms with van der Waals surface area (Å²) in [5.41, 5.74) is -1.39. The van der Waals surface area contributed by atoms with Crippen LogP contribution in [0.25, 0.3) is 10.9 Å². The lowest BCUT2D eigenvalue weighted by atomic mass is 10.0. The molecule has 2 aliphatic rings. The highest BCUT2D eigenvalue weighted by molar-refractivity contribution is 6.38. The molecule has 162 valence electrons. The number of fused-ring (bicyclic) bond motifs is 1. The van der Waals surface area contributed by atoms with Crippen LogP contribution in [0.15, 0.2) is 17.1 Å². The Morgan fingerprint density at radius 1 is 1.27 bits per heavy atom. The van der Waals surface area contributed by atoms with Gasteiger partial charge in [0.15, 0.2) is 6.10 Å². The van der Waals surface area contributed by atoms with Crippen molar-refractivity contribution in [3.8, 4) is 0 Å². The smallest absolute Gasteiger partial charge is 0.414 e. The number of aromatic carboxylic acids is 1. The van der Waals surface area contributed by atoms with Crippen molar-refractivity contribution in [3.63, 3.8) is 0 Å². The summed E-state index contributed by atoms with van der Waals surface area (Å²) in [7, 11) is 0. The second-order valence-corrected chi connectivity index (χ2v) is 8.09. The normalized spacial score (nSPS) is 20.7. The van der Waals surface area contributed by atoms with Gasteiger partial charge in [0.2, 0.25) is 5.43 Å². The molecule has 30 heavy (non-hydrogen) atoms. The second kappa shape index (κ2) is 7.12. The molecule has 2 aromatic rings. The van der Waals surface area contributed by atoms with Gasteiger partial charge < -0.3 is 19.7 Å². The lowest BCUT2D eigenvalue weighted by Gasteiger charge is -2.25. The molecule has 4 rings (SSSR count). The summed E-state index contributed by atoms with van der Waals surface area (Å²) in [4.78, 5) is 25.3. The maximum Gasteiger partial charge on any atom is 0.414 e. The fourth-order valence-corrected chi connectivity index (χ4v) is 4.44. The first kappa shape index (κ1) is 20.9. The van der Waals surface area contributed by atoms with Crippen molar-refractivity contribution < 1.29 is 32.6 Å². The number of aromatic nitrogens is 1. The average Bonchev–Trinajstić information content (AvgIpc) is 3.38. The average molecular weight is 449 g/mol. The van der Waals surface area contributed by atoms with Gasteiger partial charge in [0.1, 0.15) is 11.4 Å². The van der Waals surface area contributed by atoms with E-state index >= 15 is 0 Å². The topological polar surface area (TPSA) is 82.8 Å². The third-order valence-corrected chi connectivity index (χ3v) is 6.04. The third-order valence-electron chi connectivity index (χ3n) is 5.68. The number of carboxylic acids is 1. The van der Waals surface area contributed by atoms with Gasteiger partial charge in [-0.1, -0.05) is 11.6 Å². The van der Waals surface area contributed by atoms with Crippen molar-refractivity contribution in [2.24, 2.45) is 5.92 Å². The van der Waals surface area contributed by atoms with E-state index in [1.54, 1.807) is 0 Å². The number of halogens is 5. The van der Waals surface area contributed by atoms with Gasteiger partial charge in [-0.15, -0.1) is 0 Å².